The molecule has 1 aromatic rings. The highest BCUT2D eigenvalue weighted by molar-refractivity contribution is 9.10. The molecule has 1 rings (SSSR count). The number of nitrogens with one attached hydrogen (secondary N) is 1. The first-order chi connectivity index (χ1) is 9.00. The third-order valence-corrected chi connectivity index (χ3v) is 3.65. The van der Waals surface area contributed by atoms with E-state index < -0.39 is 5.54 Å². The zero-order valence-electron chi connectivity index (χ0n) is 11.3. The first-order valence-corrected chi connectivity index (χ1v) is 6.94. The Labute approximate surface area is 122 Å². The molecule has 0 aliphatic carbocycles. The van der Waals surface area contributed by atoms with Crippen LogP contribution in [0.3, 0.4) is 0 Å². The summed E-state index contributed by atoms with van der Waals surface area (Å²) in [5.41, 5.74) is 0.394. The molecule has 0 aliphatic rings. The number of aliphatic hydroxyl groups is 1. The molecule has 0 saturated carbocycles. The van der Waals surface area contributed by atoms with E-state index >= 15 is 0 Å². The number of hydrogen-bond acceptors (Lipinski definition) is 3. The van der Waals surface area contributed by atoms with Crippen LogP contribution >= 0.6 is 15.9 Å². The molecule has 4 nitrogen and oxygen atoms in total. The molecule has 0 heterocycles. The second-order valence-electron chi connectivity index (χ2n) is 4.78. The zero-order chi connectivity index (χ0) is 14.3. The molecular weight excluding hydrogens is 310 g/mol. The molecule has 1 unspecified atom stereocenters. The van der Waals surface area contributed by atoms with Crippen molar-refractivity contribution in [3.05, 3.63) is 34.3 Å². The lowest BCUT2D eigenvalue weighted by Crippen LogP contribution is -2.50. The number of carbonyl (C=O) groups excluding carboxylic acids is 1. The maximum absolute atomic E-state index is 12.1. The monoisotopic (exact) mass is 329 g/mol. The first-order valence-electron chi connectivity index (χ1n) is 6.15. The van der Waals surface area contributed by atoms with E-state index in [1.807, 2.05) is 31.2 Å². The van der Waals surface area contributed by atoms with Crippen LogP contribution in [0, 0.1) is 0 Å². The van der Waals surface area contributed by atoms with Crippen LogP contribution in [0.25, 0.3) is 0 Å². The number of halogens is 1. The molecule has 1 amide bonds. The van der Waals surface area contributed by atoms with E-state index in [-0.39, 0.29) is 12.5 Å². The number of ether oxygens (including phenoxy) is 1. The van der Waals surface area contributed by atoms with Crippen LogP contribution in [0.2, 0.25) is 0 Å². The van der Waals surface area contributed by atoms with E-state index in [9.17, 15) is 4.79 Å². The molecule has 1 aromatic carbocycles. The van der Waals surface area contributed by atoms with Crippen molar-refractivity contribution in [1.29, 1.82) is 0 Å². The molecule has 0 radical (unpaired) electrons. The average Bonchev–Trinajstić information content (AvgIpc) is 2.32. The quantitative estimate of drug-likeness (QED) is 0.803. The van der Waals surface area contributed by atoms with Crippen molar-refractivity contribution < 1.29 is 14.6 Å². The van der Waals surface area contributed by atoms with Gasteiger partial charge in [-0.15, -0.1) is 0 Å². The van der Waals surface area contributed by atoms with Crippen molar-refractivity contribution in [2.75, 3.05) is 20.3 Å². The number of amides is 1. The van der Waals surface area contributed by atoms with Gasteiger partial charge in [0, 0.05) is 18.2 Å². The maximum atomic E-state index is 12.1. The number of methoxy groups -OCH3 is 1. The van der Waals surface area contributed by atoms with Crippen LogP contribution in [0.15, 0.2) is 28.7 Å². The standard InChI is InChI=1S/C14H20BrNO3/c1-14(7-8-17,10-19-2)16-13(18)9-11-5-3-4-6-12(11)15/h3-6,17H,7-10H2,1-2H3,(H,16,18). The molecule has 0 spiro atoms. The first kappa shape index (κ1) is 16.1. The van der Waals surface area contributed by atoms with E-state index in [1.54, 1.807) is 7.11 Å². The minimum atomic E-state index is -0.540. The molecule has 0 fully saturated rings. The van der Waals surface area contributed by atoms with Crippen LogP contribution in [-0.4, -0.2) is 36.9 Å². The van der Waals surface area contributed by atoms with Gasteiger partial charge in [-0.3, -0.25) is 4.79 Å². The highest BCUT2D eigenvalue weighted by Gasteiger charge is 2.25. The van der Waals surface area contributed by atoms with Gasteiger partial charge >= 0.3 is 0 Å². The predicted molar refractivity (Wildman–Crippen MR) is 78.0 cm³/mol. The Balaban J connectivity index is 2.65. The summed E-state index contributed by atoms with van der Waals surface area (Å²) in [7, 11) is 1.58. The normalized spacial score (nSPS) is 13.9. The van der Waals surface area contributed by atoms with E-state index in [0.29, 0.717) is 19.4 Å². The third kappa shape index (κ3) is 5.30. The number of rotatable bonds is 7. The summed E-state index contributed by atoms with van der Waals surface area (Å²) in [6.07, 6.45) is 0.759. The van der Waals surface area contributed by atoms with Gasteiger partial charge in [0.05, 0.1) is 18.6 Å². The third-order valence-electron chi connectivity index (χ3n) is 2.88. The number of carbonyl (C=O) groups is 1. The number of benzene rings is 1. The van der Waals surface area contributed by atoms with Gasteiger partial charge in [0.15, 0.2) is 0 Å². The summed E-state index contributed by atoms with van der Waals surface area (Å²) in [6.45, 7) is 2.25. The van der Waals surface area contributed by atoms with Gasteiger partial charge in [-0.2, -0.15) is 0 Å². The Morgan fingerprint density at radius 1 is 1.47 bits per heavy atom. The summed E-state index contributed by atoms with van der Waals surface area (Å²) < 4.78 is 6.02. The minimum absolute atomic E-state index is 0.00910. The van der Waals surface area contributed by atoms with Gasteiger partial charge in [0.2, 0.25) is 5.91 Å². The SMILES string of the molecule is COCC(C)(CCO)NC(=O)Cc1ccccc1Br. The number of aliphatic hydroxyl groups excluding tert-OH is 1. The van der Waals surface area contributed by atoms with Gasteiger partial charge in [0.1, 0.15) is 0 Å². The van der Waals surface area contributed by atoms with Crippen molar-refractivity contribution in [3.63, 3.8) is 0 Å². The predicted octanol–water partition coefficient (Wildman–Crippen LogP) is 1.90. The molecular formula is C14H20BrNO3. The molecule has 0 aromatic heterocycles. The fourth-order valence-electron chi connectivity index (χ4n) is 1.93. The van der Waals surface area contributed by atoms with E-state index in [4.69, 9.17) is 9.84 Å². The van der Waals surface area contributed by atoms with Gasteiger partial charge in [-0.25, -0.2) is 0 Å². The molecule has 1 atom stereocenters. The summed E-state index contributed by atoms with van der Waals surface area (Å²) >= 11 is 3.42. The lowest BCUT2D eigenvalue weighted by atomic mass is 9.98. The van der Waals surface area contributed by atoms with Gasteiger partial charge in [-0.1, -0.05) is 34.1 Å². The molecule has 106 valence electrons. The maximum Gasteiger partial charge on any atom is 0.224 e. The molecule has 0 saturated heterocycles. The Hall–Kier alpha value is -0.910. The van der Waals surface area contributed by atoms with Crippen LogP contribution < -0.4 is 5.32 Å². The Kier molecular flexibility index (Phi) is 6.48. The molecule has 19 heavy (non-hydrogen) atoms. The fraction of sp³-hybridized carbons (Fsp3) is 0.500. The summed E-state index contributed by atoms with van der Waals surface area (Å²) in [5.74, 6) is -0.0834. The van der Waals surface area contributed by atoms with E-state index in [1.165, 1.54) is 0 Å². The Bertz CT molecular complexity index is 417. The second-order valence-corrected chi connectivity index (χ2v) is 5.64. The molecule has 0 aliphatic heterocycles. The average molecular weight is 330 g/mol. The van der Waals surface area contributed by atoms with Crippen molar-refractivity contribution in [2.24, 2.45) is 0 Å². The van der Waals surface area contributed by atoms with Crippen LogP contribution in [0.5, 0.6) is 0 Å². The second kappa shape index (κ2) is 7.62. The largest absolute Gasteiger partial charge is 0.396 e. The summed E-state index contributed by atoms with van der Waals surface area (Å²) in [5, 5.41) is 12.0. The minimum Gasteiger partial charge on any atom is -0.396 e. The van der Waals surface area contributed by atoms with Crippen LogP contribution in [0.1, 0.15) is 18.9 Å². The summed E-state index contributed by atoms with van der Waals surface area (Å²) in [6, 6.07) is 7.62. The number of hydrogen-bond donors (Lipinski definition) is 2. The van der Waals surface area contributed by atoms with E-state index in [0.717, 1.165) is 10.0 Å². The van der Waals surface area contributed by atoms with Crippen LogP contribution in [0.4, 0.5) is 0 Å². The van der Waals surface area contributed by atoms with Gasteiger partial charge < -0.3 is 15.2 Å². The smallest absolute Gasteiger partial charge is 0.224 e. The fourth-order valence-corrected chi connectivity index (χ4v) is 2.36. The Morgan fingerprint density at radius 2 is 2.16 bits per heavy atom. The molecule has 2 N–H and O–H groups in total. The van der Waals surface area contributed by atoms with E-state index in [2.05, 4.69) is 21.2 Å². The lowest BCUT2D eigenvalue weighted by Gasteiger charge is -2.29. The topological polar surface area (TPSA) is 58.6 Å². The van der Waals surface area contributed by atoms with Gasteiger partial charge in [0.25, 0.3) is 0 Å². The highest BCUT2D eigenvalue weighted by atomic mass is 79.9. The van der Waals surface area contributed by atoms with Crippen molar-refractivity contribution in [2.45, 2.75) is 25.3 Å². The Morgan fingerprint density at radius 3 is 2.74 bits per heavy atom. The lowest BCUT2D eigenvalue weighted by molar-refractivity contribution is -0.123. The van der Waals surface area contributed by atoms with Gasteiger partial charge in [-0.05, 0) is 25.0 Å². The zero-order valence-corrected chi connectivity index (χ0v) is 12.9. The summed E-state index contributed by atoms with van der Waals surface area (Å²) in [4.78, 5) is 12.1. The highest BCUT2D eigenvalue weighted by Crippen LogP contribution is 2.17. The van der Waals surface area contributed by atoms with Crippen LogP contribution in [-0.2, 0) is 16.0 Å². The van der Waals surface area contributed by atoms with Crippen molar-refractivity contribution in [3.8, 4) is 0 Å². The molecule has 0 bridgehead atoms. The van der Waals surface area contributed by atoms with Crippen molar-refractivity contribution in [1.82, 2.24) is 5.32 Å². The molecule has 5 heteroatoms. The van der Waals surface area contributed by atoms with Crippen molar-refractivity contribution >= 4 is 21.8 Å².